The van der Waals surface area contributed by atoms with Gasteiger partial charge in [-0.05, 0) is 0 Å². The first-order valence-electron chi connectivity index (χ1n) is 7.13. The molecule has 0 aromatic heterocycles. The van der Waals surface area contributed by atoms with Crippen molar-refractivity contribution in [2.75, 3.05) is 0 Å². The van der Waals surface area contributed by atoms with E-state index < -0.39 is 0 Å². The number of fused-ring (bicyclic) bond motifs is 1. The molecule has 0 bridgehead atoms. The van der Waals surface area contributed by atoms with Crippen molar-refractivity contribution in [3.63, 3.8) is 0 Å². The van der Waals surface area contributed by atoms with Crippen LogP contribution in [0.5, 0.6) is 0 Å². The zero-order valence-corrected chi connectivity index (χ0v) is 12.6. The van der Waals surface area contributed by atoms with E-state index in [-0.39, 0.29) is 0 Å². The van der Waals surface area contributed by atoms with E-state index in [9.17, 15) is 0 Å². The summed E-state index contributed by atoms with van der Waals surface area (Å²) in [6, 6.07) is 13.3. The van der Waals surface area contributed by atoms with Gasteiger partial charge >= 0.3 is 117 Å². The van der Waals surface area contributed by atoms with Gasteiger partial charge in [-0.15, -0.1) is 0 Å². The maximum atomic E-state index is 4.36. The summed E-state index contributed by atoms with van der Waals surface area (Å²) in [5.74, 6) is 0. The summed E-state index contributed by atoms with van der Waals surface area (Å²) < 4.78 is 1.55. The molecule has 0 spiro atoms. The van der Waals surface area contributed by atoms with Crippen LogP contribution in [0.2, 0.25) is 5.32 Å². The van der Waals surface area contributed by atoms with E-state index in [4.69, 9.17) is 0 Å². The van der Waals surface area contributed by atoms with Gasteiger partial charge in [-0.3, -0.25) is 0 Å². The Balaban J connectivity index is 1.61. The summed E-state index contributed by atoms with van der Waals surface area (Å²) in [5, 5.41) is 1.37. The van der Waals surface area contributed by atoms with Crippen LogP contribution in [0.1, 0.15) is 32.1 Å². The van der Waals surface area contributed by atoms with Gasteiger partial charge in [0.25, 0.3) is 0 Å². The first kappa shape index (κ1) is 12.7. The summed E-state index contributed by atoms with van der Waals surface area (Å²) in [6.07, 6.45) is 6.96. The predicted molar refractivity (Wildman–Crippen MR) is 78.3 cm³/mol. The molecular weight excluding hydrogens is 285 g/mol. The van der Waals surface area contributed by atoms with Crippen LogP contribution in [0.15, 0.2) is 30.3 Å². The number of nitrogens with zero attached hydrogens (tertiary/aromatic N) is 1. The Morgan fingerprint density at radius 2 is 1.94 bits per heavy atom. The topological polar surface area (TPSA) is 3.24 Å². The summed E-state index contributed by atoms with van der Waals surface area (Å²) >= 11 is 0.635. The SMILES string of the molecule is [CH2][C@@H]1CC[C@H]2CCC[C@@H](C[Se]c3ccccc3)N21. The minimum absolute atomic E-state index is 0.590. The maximum absolute atomic E-state index is 4.36. The second-order valence-corrected chi connectivity index (χ2v) is 7.84. The van der Waals surface area contributed by atoms with Crippen LogP contribution < -0.4 is 4.46 Å². The number of benzene rings is 1. The van der Waals surface area contributed by atoms with Crippen molar-refractivity contribution in [2.45, 2.75) is 55.5 Å². The van der Waals surface area contributed by atoms with E-state index in [0.717, 1.165) is 12.1 Å². The van der Waals surface area contributed by atoms with Crippen molar-refractivity contribution in [1.29, 1.82) is 0 Å². The Hall–Kier alpha value is -0.301. The summed E-state index contributed by atoms with van der Waals surface area (Å²) in [7, 11) is 0. The molecule has 1 nitrogen and oxygen atoms in total. The third-order valence-electron chi connectivity index (χ3n) is 4.36. The van der Waals surface area contributed by atoms with Gasteiger partial charge in [-0.25, -0.2) is 0 Å². The van der Waals surface area contributed by atoms with Crippen molar-refractivity contribution in [3.05, 3.63) is 37.3 Å². The third kappa shape index (κ3) is 2.66. The summed E-state index contributed by atoms with van der Waals surface area (Å²) in [5.41, 5.74) is 0. The molecule has 1 radical (unpaired) electrons. The molecule has 0 N–H and O–H groups in total. The molecule has 0 saturated carbocycles. The van der Waals surface area contributed by atoms with Crippen molar-refractivity contribution >= 4 is 19.4 Å². The first-order valence-corrected chi connectivity index (χ1v) is 9.20. The minimum atomic E-state index is 0.590. The molecule has 2 heteroatoms. The number of hydrogen-bond donors (Lipinski definition) is 0. The molecule has 1 aromatic rings. The Labute approximate surface area is 117 Å². The normalized spacial score (nSPS) is 32.4. The van der Waals surface area contributed by atoms with Gasteiger partial charge in [0.2, 0.25) is 0 Å². The van der Waals surface area contributed by atoms with Gasteiger partial charge in [-0.2, -0.15) is 0 Å². The van der Waals surface area contributed by atoms with Crippen molar-refractivity contribution in [1.82, 2.24) is 4.90 Å². The van der Waals surface area contributed by atoms with Gasteiger partial charge in [0.15, 0.2) is 0 Å². The van der Waals surface area contributed by atoms with Crippen LogP contribution >= 0.6 is 0 Å². The fraction of sp³-hybridized carbons (Fsp3) is 0.562. The van der Waals surface area contributed by atoms with Gasteiger partial charge in [0.1, 0.15) is 0 Å². The standard InChI is InChI=1S/C16H22NSe/c1-13-10-11-14-6-5-7-15(17(13)14)12-18-16-8-3-2-4-9-16/h2-4,8-9,13-15H,1,5-7,10-12H2/t13-,14-,15+/m1/s1. The van der Waals surface area contributed by atoms with Crippen LogP contribution in [-0.4, -0.2) is 38.0 Å². The summed E-state index contributed by atoms with van der Waals surface area (Å²) in [4.78, 5) is 2.76. The van der Waals surface area contributed by atoms with Gasteiger partial charge in [0.05, 0.1) is 0 Å². The molecule has 97 valence electrons. The van der Waals surface area contributed by atoms with Gasteiger partial charge in [-0.1, -0.05) is 0 Å². The van der Waals surface area contributed by atoms with Crippen molar-refractivity contribution < 1.29 is 0 Å². The Morgan fingerprint density at radius 1 is 1.11 bits per heavy atom. The monoisotopic (exact) mass is 308 g/mol. The van der Waals surface area contributed by atoms with E-state index in [2.05, 4.69) is 42.2 Å². The van der Waals surface area contributed by atoms with Crippen molar-refractivity contribution in [3.8, 4) is 0 Å². The fourth-order valence-electron chi connectivity index (χ4n) is 3.49. The summed E-state index contributed by atoms with van der Waals surface area (Å²) in [6.45, 7) is 4.36. The Morgan fingerprint density at radius 3 is 2.78 bits per heavy atom. The molecular formula is C16H22NSe. The Kier molecular flexibility index (Phi) is 4.08. The number of hydrogen-bond acceptors (Lipinski definition) is 1. The van der Waals surface area contributed by atoms with Crippen LogP contribution in [-0.2, 0) is 0 Å². The first-order chi connectivity index (χ1) is 8.84. The zero-order chi connectivity index (χ0) is 12.4. The van der Waals surface area contributed by atoms with Gasteiger partial charge < -0.3 is 0 Å². The Bertz CT molecular complexity index is 376. The molecule has 2 heterocycles. The van der Waals surface area contributed by atoms with E-state index in [1.54, 1.807) is 4.46 Å². The third-order valence-corrected chi connectivity index (χ3v) is 6.79. The second-order valence-electron chi connectivity index (χ2n) is 5.54. The molecule has 3 rings (SSSR count). The quantitative estimate of drug-likeness (QED) is 0.776. The average molecular weight is 307 g/mol. The molecule has 2 saturated heterocycles. The molecule has 0 amide bonds. The zero-order valence-electron chi connectivity index (χ0n) is 10.9. The number of rotatable bonds is 3. The van der Waals surface area contributed by atoms with Crippen LogP contribution in [0.3, 0.4) is 0 Å². The molecule has 1 aromatic carbocycles. The molecule has 2 aliphatic rings. The van der Waals surface area contributed by atoms with E-state index in [0.29, 0.717) is 21.0 Å². The molecule has 2 aliphatic heterocycles. The van der Waals surface area contributed by atoms with Crippen LogP contribution in [0.4, 0.5) is 0 Å². The number of piperidine rings is 1. The second kappa shape index (κ2) is 5.77. The molecule has 2 fully saturated rings. The van der Waals surface area contributed by atoms with E-state index >= 15 is 0 Å². The van der Waals surface area contributed by atoms with E-state index in [1.165, 1.54) is 37.4 Å². The van der Waals surface area contributed by atoms with E-state index in [1.807, 2.05) is 0 Å². The van der Waals surface area contributed by atoms with Crippen molar-refractivity contribution in [2.24, 2.45) is 0 Å². The molecule has 3 atom stereocenters. The van der Waals surface area contributed by atoms with Crippen LogP contribution in [0, 0.1) is 6.92 Å². The van der Waals surface area contributed by atoms with Gasteiger partial charge in [0, 0.05) is 0 Å². The molecule has 18 heavy (non-hydrogen) atoms. The predicted octanol–water partition coefficient (Wildman–Crippen LogP) is 2.65. The molecule has 0 unspecified atom stereocenters. The van der Waals surface area contributed by atoms with Crippen LogP contribution in [0.25, 0.3) is 0 Å². The molecule has 0 aliphatic carbocycles. The average Bonchev–Trinajstić information content (AvgIpc) is 2.80. The fourth-order valence-corrected chi connectivity index (χ4v) is 5.74.